The Balaban J connectivity index is 2.07. The van der Waals surface area contributed by atoms with Gasteiger partial charge in [0.25, 0.3) is 0 Å². The Kier molecular flexibility index (Phi) is 3.27. The predicted molar refractivity (Wildman–Crippen MR) is 61.3 cm³/mol. The van der Waals surface area contributed by atoms with E-state index in [4.69, 9.17) is 0 Å². The molecule has 1 heterocycles. The molecular formula is C9H7BrFN3S. The van der Waals surface area contributed by atoms with Gasteiger partial charge in [0, 0.05) is 11.0 Å². The second-order valence-electron chi connectivity index (χ2n) is 2.83. The largest absolute Gasteiger partial charge is 0.356 e. The molecule has 0 bridgehead atoms. The third kappa shape index (κ3) is 2.73. The van der Waals surface area contributed by atoms with Crippen LogP contribution in [-0.2, 0) is 6.54 Å². The SMILES string of the molecule is Fc1ccc(Br)c(CNc2nncs2)c1. The van der Waals surface area contributed by atoms with Gasteiger partial charge in [-0.3, -0.25) is 0 Å². The molecule has 15 heavy (non-hydrogen) atoms. The van der Waals surface area contributed by atoms with Crippen molar-refractivity contribution in [1.82, 2.24) is 10.2 Å². The number of aromatic nitrogens is 2. The fourth-order valence-corrected chi connectivity index (χ4v) is 1.93. The summed E-state index contributed by atoms with van der Waals surface area (Å²) in [5, 5.41) is 11.3. The molecule has 0 aliphatic heterocycles. The molecule has 0 radical (unpaired) electrons. The summed E-state index contributed by atoms with van der Waals surface area (Å²) in [6, 6.07) is 4.59. The van der Waals surface area contributed by atoms with Crippen molar-refractivity contribution >= 4 is 32.4 Å². The van der Waals surface area contributed by atoms with Crippen LogP contribution >= 0.6 is 27.3 Å². The Labute approximate surface area is 98.5 Å². The Morgan fingerprint density at radius 1 is 1.47 bits per heavy atom. The highest BCUT2D eigenvalue weighted by Crippen LogP contribution is 2.19. The highest BCUT2D eigenvalue weighted by molar-refractivity contribution is 9.10. The standard InChI is InChI=1S/C9H7BrFN3S/c10-8-2-1-7(11)3-6(8)4-12-9-14-13-5-15-9/h1-3,5H,4H2,(H,12,14). The zero-order valence-electron chi connectivity index (χ0n) is 7.58. The van der Waals surface area contributed by atoms with Crippen LogP contribution in [0.25, 0.3) is 0 Å². The smallest absolute Gasteiger partial charge is 0.205 e. The number of benzene rings is 1. The van der Waals surface area contributed by atoms with Crippen LogP contribution in [0.5, 0.6) is 0 Å². The first-order valence-electron chi connectivity index (χ1n) is 4.19. The van der Waals surface area contributed by atoms with Crippen LogP contribution in [0.15, 0.2) is 28.2 Å². The van der Waals surface area contributed by atoms with E-state index < -0.39 is 0 Å². The van der Waals surface area contributed by atoms with Gasteiger partial charge < -0.3 is 5.32 Å². The fourth-order valence-electron chi connectivity index (χ4n) is 1.10. The van der Waals surface area contributed by atoms with E-state index in [-0.39, 0.29) is 5.82 Å². The van der Waals surface area contributed by atoms with E-state index in [0.717, 1.165) is 15.2 Å². The molecule has 78 valence electrons. The minimum atomic E-state index is -0.243. The summed E-state index contributed by atoms with van der Waals surface area (Å²) in [5.41, 5.74) is 2.49. The average molecular weight is 288 g/mol. The minimum absolute atomic E-state index is 0.243. The number of hydrogen-bond acceptors (Lipinski definition) is 4. The third-order valence-corrected chi connectivity index (χ3v) is 3.22. The number of nitrogens with one attached hydrogen (secondary N) is 1. The lowest BCUT2D eigenvalue weighted by molar-refractivity contribution is 0.625. The van der Waals surface area contributed by atoms with Crippen LogP contribution in [0.2, 0.25) is 0 Å². The summed E-state index contributed by atoms with van der Waals surface area (Å²) >= 11 is 4.77. The highest BCUT2D eigenvalue weighted by Gasteiger charge is 2.02. The van der Waals surface area contributed by atoms with Crippen molar-refractivity contribution in [2.24, 2.45) is 0 Å². The predicted octanol–water partition coefficient (Wildman–Crippen LogP) is 3.05. The molecule has 1 N–H and O–H groups in total. The van der Waals surface area contributed by atoms with Gasteiger partial charge in [-0.15, -0.1) is 10.2 Å². The van der Waals surface area contributed by atoms with Crippen molar-refractivity contribution < 1.29 is 4.39 Å². The topological polar surface area (TPSA) is 37.8 Å². The second kappa shape index (κ2) is 4.67. The Bertz CT molecular complexity index is 447. The van der Waals surface area contributed by atoms with E-state index >= 15 is 0 Å². The Morgan fingerprint density at radius 3 is 3.07 bits per heavy atom. The van der Waals surface area contributed by atoms with Crippen molar-refractivity contribution in [3.63, 3.8) is 0 Å². The van der Waals surface area contributed by atoms with E-state index in [1.165, 1.54) is 23.5 Å². The molecule has 3 nitrogen and oxygen atoms in total. The number of hydrogen-bond donors (Lipinski definition) is 1. The van der Waals surface area contributed by atoms with Crippen LogP contribution in [0.1, 0.15) is 5.56 Å². The van der Waals surface area contributed by atoms with Gasteiger partial charge in [0.15, 0.2) is 0 Å². The molecule has 2 aromatic rings. The van der Waals surface area contributed by atoms with Gasteiger partial charge in [0.1, 0.15) is 11.3 Å². The van der Waals surface area contributed by atoms with Crippen LogP contribution in [-0.4, -0.2) is 10.2 Å². The van der Waals surface area contributed by atoms with E-state index in [0.29, 0.717) is 6.54 Å². The maximum atomic E-state index is 12.9. The summed E-state index contributed by atoms with van der Waals surface area (Å²) < 4.78 is 13.8. The average Bonchev–Trinajstić information content (AvgIpc) is 2.72. The zero-order chi connectivity index (χ0) is 10.7. The first kappa shape index (κ1) is 10.5. The summed E-state index contributed by atoms with van der Waals surface area (Å²) in [4.78, 5) is 0. The highest BCUT2D eigenvalue weighted by atomic mass is 79.9. The monoisotopic (exact) mass is 287 g/mol. The van der Waals surface area contributed by atoms with Gasteiger partial charge in [-0.2, -0.15) is 0 Å². The summed E-state index contributed by atoms with van der Waals surface area (Å²) in [6.45, 7) is 0.521. The van der Waals surface area contributed by atoms with E-state index in [2.05, 4.69) is 31.4 Å². The van der Waals surface area contributed by atoms with Crippen molar-refractivity contribution in [1.29, 1.82) is 0 Å². The van der Waals surface area contributed by atoms with Gasteiger partial charge in [-0.05, 0) is 23.8 Å². The molecule has 1 aromatic carbocycles. The first-order chi connectivity index (χ1) is 7.25. The molecule has 0 aliphatic carbocycles. The van der Waals surface area contributed by atoms with E-state index in [1.54, 1.807) is 11.6 Å². The molecule has 0 aliphatic rings. The van der Waals surface area contributed by atoms with E-state index in [1.807, 2.05) is 0 Å². The number of nitrogens with zero attached hydrogens (tertiary/aromatic N) is 2. The molecule has 0 atom stereocenters. The van der Waals surface area contributed by atoms with Gasteiger partial charge in [0.05, 0.1) is 0 Å². The molecule has 2 rings (SSSR count). The first-order valence-corrected chi connectivity index (χ1v) is 5.87. The Morgan fingerprint density at radius 2 is 2.33 bits per heavy atom. The van der Waals surface area contributed by atoms with Crippen molar-refractivity contribution in [2.75, 3.05) is 5.32 Å². The molecule has 0 amide bonds. The lowest BCUT2D eigenvalue weighted by Gasteiger charge is -2.04. The summed E-state index contributed by atoms with van der Waals surface area (Å²) in [6.07, 6.45) is 0. The van der Waals surface area contributed by atoms with Gasteiger partial charge in [-0.1, -0.05) is 27.3 Å². The molecule has 0 unspecified atom stereocenters. The van der Waals surface area contributed by atoms with Crippen molar-refractivity contribution in [3.05, 3.63) is 39.6 Å². The number of anilines is 1. The summed E-state index contributed by atoms with van der Waals surface area (Å²) in [7, 11) is 0. The van der Waals surface area contributed by atoms with Crippen LogP contribution < -0.4 is 5.32 Å². The fraction of sp³-hybridized carbons (Fsp3) is 0.111. The quantitative estimate of drug-likeness (QED) is 0.943. The molecule has 0 fully saturated rings. The lowest BCUT2D eigenvalue weighted by atomic mass is 10.2. The molecule has 0 saturated heterocycles. The molecule has 6 heteroatoms. The zero-order valence-corrected chi connectivity index (χ0v) is 9.98. The summed E-state index contributed by atoms with van der Waals surface area (Å²) in [5.74, 6) is -0.243. The maximum Gasteiger partial charge on any atom is 0.205 e. The minimum Gasteiger partial charge on any atom is -0.356 e. The van der Waals surface area contributed by atoms with Crippen LogP contribution in [0.3, 0.4) is 0 Å². The van der Waals surface area contributed by atoms with Crippen molar-refractivity contribution in [3.8, 4) is 0 Å². The van der Waals surface area contributed by atoms with Crippen LogP contribution in [0.4, 0.5) is 9.52 Å². The molecule has 0 spiro atoms. The van der Waals surface area contributed by atoms with Gasteiger partial charge >= 0.3 is 0 Å². The van der Waals surface area contributed by atoms with Gasteiger partial charge in [-0.25, -0.2) is 4.39 Å². The number of halogens is 2. The normalized spacial score (nSPS) is 10.3. The van der Waals surface area contributed by atoms with E-state index in [9.17, 15) is 4.39 Å². The molecule has 0 saturated carbocycles. The second-order valence-corrected chi connectivity index (χ2v) is 4.52. The van der Waals surface area contributed by atoms with Crippen molar-refractivity contribution in [2.45, 2.75) is 6.54 Å². The van der Waals surface area contributed by atoms with Crippen LogP contribution in [0, 0.1) is 5.82 Å². The third-order valence-electron chi connectivity index (χ3n) is 1.80. The molecule has 1 aromatic heterocycles. The van der Waals surface area contributed by atoms with Gasteiger partial charge in [0.2, 0.25) is 5.13 Å². The lowest BCUT2D eigenvalue weighted by Crippen LogP contribution is -2.00. The maximum absolute atomic E-state index is 12.9. The number of rotatable bonds is 3. The molecular weight excluding hydrogens is 281 g/mol. The Hall–Kier alpha value is -1.01.